The van der Waals surface area contributed by atoms with E-state index in [1.54, 1.807) is 30.3 Å². The summed E-state index contributed by atoms with van der Waals surface area (Å²) in [4.78, 5) is 33.0. The first kappa shape index (κ1) is 20.8. The first-order chi connectivity index (χ1) is 15.2. The molecule has 166 valence electrons. The molecule has 1 N–H and O–H groups in total. The van der Waals surface area contributed by atoms with Crippen LogP contribution in [0.3, 0.4) is 0 Å². The fourth-order valence-corrected chi connectivity index (χ4v) is 4.61. The predicted octanol–water partition coefficient (Wildman–Crippen LogP) is 2.87. The summed E-state index contributed by atoms with van der Waals surface area (Å²) < 4.78 is 19.1. The monoisotopic (exact) mass is 437 g/mol. The number of hydrogen-bond donors (Lipinski definition) is 1. The molecule has 1 saturated carbocycles. The van der Waals surface area contributed by atoms with Crippen LogP contribution in [0.15, 0.2) is 46.9 Å². The fraction of sp³-hybridized carbons (Fsp3) is 0.375. The summed E-state index contributed by atoms with van der Waals surface area (Å²) in [5.41, 5.74) is 0.864. The van der Waals surface area contributed by atoms with Crippen molar-refractivity contribution < 1.29 is 23.5 Å². The van der Waals surface area contributed by atoms with E-state index in [1.165, 1.54) is 12.1 Å². The van der Waals surface area contributed by atoms with Gasteiger partial charge in [0.1, 0.15) is 23.2 Å². The molecule has 5 rings (SSSR count). The lowest BCUT2D eigenvalue weighted by Gasteiger charge is -2.49. The highest BCUT2D eigenvalue weighted by Crippen LogP contribution is 2.42. The smallest absolute Gasteiger partial charge is 0.254 e. The Morgan fingerprint density at radius 1 is 1.22 bits per heavy atom. The largest absolute Gasteiger partial charge is 0.436 e. The SMILES string of the molecule is CC1(C)CN(C2(C=O)CC2O)CCN1C(=O)c1ccc(-c2nc3ccc(F)cc3o2)cc1. The maximum Gasteiger partial charge on any atom is 0.254 e. The summed E-state index contributed by atoms with van der Waals surface area (Å²) in [7, 11) is 0. The second-order valence-corrected chi connectivity index (χ2v) is 9.23. The third-order valence-corrected chi connectivity index (χ3v) is 6.61. The van der Waals surface area contributed by atoms with Crippen molar-refractivity contribution in [3.8, 4) is 11.5 Å². The highest BCUT2D eigenvalue weighted by Gasteiger charge is 2.60. The molecule has 1 aromatic heterocycles. The maximum atomic E-state index is 13.4. The van der Waals surface area contributed by atoms with Gasteiger partial charge < -0.3 is 19.2 Å². The van der Waals surface area contributed by atoms with Crippen molar-refractivity contribution in [2.24, 2.45) is 0 Å². The summed E-state index contributed by atoms with van der Waals surface area (Å²) in [6.07, 6.45) is 0.656. The quantitative estimate of drug-likeness (QED) is 0.632. The van der Waals surface area contributed by atoms with Crippen molar-refractivity contribution in [2.75, 3.05) is 19.6 Å². The number of nitrogens with zero attached hydrogens (tertiary/aromatic N) is 3. The van der Waals surface area contributed by atoms with Crippen molar-refractivity contribution in [1.29, 1.82) is 0 Å². The minimum absolute atomic E-state index is 0.0997. The van der Waals surface area contributed by atoms with E-state index in [1.807, 2.05) is 23.6 Å². The molecule has 7 nitrogen and oxygen atoms in total. The maximum absolute atomic E-state index is 13.4. The van der Waals surface area contributed by atoms with E-state index >= 15 is 0 Å². The highest BCUT2D eigenvalue weighted by atomic mass is 19.1. The molecule has 0 spiro atoms. The summed E-state index contributed by atoms with van der Waals surface area (Å²) in [5.74, 6) is -0.128. The molecule has 2 heterocycles. The van der Waals surface area contributed by atoms with Gasteiger partial charge in [-0.1, -0.05) is 0 Å². The summed E-state index contributed by atoms with van der Waals surface area (Å²) >= 11 is 0. The van der Waals surface area contributed by atoms with Crippen molar-refractivity contribution in [3.63, 3.8) is 0 Å². The molecule has 0 bridgehead atoms. The second kappa shape index (κ2) is 7.21. The number of carbonyl (C=O) groups excluding carboxylic acids is 2. The van der Waals surface area contributed by atoms with E-state index < -0.39 is 17.2 Å². The molecular weight excluding hydrogens is 413 g/mol. The second-order valence-electron chi connectivity index (χ2n) is 9.23. The number of benzene rings is 2. The van der Waals surface area contributed by atoms with E-state index in [0.29, 0.717) is 54.2 Å². The lowest BCUT2D eigenvalue weighted by molar-refractivity contribution is -0.117. The average Bonchev–Trinajstić information content (AvgIpc) is 3.26. The topological polar surface area (TPSA) is 86.9 Å². The minimum atomic E-state index is -0.795. The van der Waals surface area contributed by atoms with Gasteiger partial charge in [-0.25, -0.2) is 9.37 Å². The number of halogens is 1. The Bertz CT molecular complexity index is 1210. The van der Waals surface area contributed by atoms with Crippen molar-refractivity contribution in [1.82, 2.24) is 14.8 Å². The number of oxazole rings is 1. The standard InChI is InChI=1S/C24H24FN3O4/c1-23(2)13-27(24(14-29)12-20(24)30)9-10-28(23)22(31)16-5-3-15(4-6-16)21-26-18-8-7-17(25)11-19(18)32-21/h3-8,11,14,20,30H,9-10,12-13H2,1-2H3. The number of aliphatic hydroxyl groups excluding tert-OH is 1. The van der Waals surface area contributed by atoms with E-state index in [-0.39, 0.29) is 11.7 Å². The van der Waals surface area contributed by atoms with Gasteiger partial charge in [0.2, 0.25) is 5.89 Å². The van der Waals surface area contributed by atoms with Gasteiger partial charge in [-0.2, -0.15) is 0 Å². The number of carbonyl (C=O) groups is 2. The van der Waals surface area contributed by atoms with E-state index in [4.69, 9.17) is 4.42 Å². The normalized spacial score (nSPS) is 25.1. The number of hydrogen-bond acceptors (Lipinski definition) is 6. The van der Waals surface area contributed by atoms with E-state index in [2.05, 4.69) is 4.98 Å². The number of aromatic nitrogens is 1. The molecule has 2 atom stereocenters. The molecule has 2 unspecified atom stereocenters. The van der Waals surface area contributed by atoms with Crippen LogP contribution in [0.4, 0.5) is 4.39 Å². The van der Waals surface area contributed by atoms with Crippen molar-refractivity contribution in [2.45, 2.75) is 37.5 Å². The van der Waals surface area contributed by atoms with Gasteiger partial charge in [-0.05, 0) is 50.2 Å². The molecule has 3 aromatic rings. The van der Waals surface area contributed by atoms with Crippen LogP contribution in [0.25, 0.3) is 22.6 Å². The molecule has 2 aliphatic rings. The van der Waals surface area contributed by atoms with Crippen LogP contribution in [-0.2, 0) is 4.79 Å². The van der Waals surface area contributed by atoms with Gasteiger partial charge in [0.15, 0.2) is 5.58 Å². The number of amides is 1. The molecule has 2 aromatic carbocycles. The van der Waals surface area contributed by atoms with E-state index in [9.17, 15) is 19.1 Å². The lowest BCUT2D eigenvalue weighted by Crippen LogP contribution is -2.64. The summed E-state index contributed by atoms with van der Waals surface area (Å²) in [6.45, 7) is 5.44. The zero-order valence-corrected chi connectivity index (χ0v) is 17.9. The number of aldehydes is 1. The van der Waals surface area contributed by atoms with Crippen LogP contribution in [0.1, 0.15) is 30.6 Å². The Morgan fingerprint density at radius 2 is 1.94 bits per heavy atom. The van der Waals surface area contributed by atoms with Gasteiger partial charge in [-0.15, -0.1) is 0 Å². The first-order valence-electron chi connectivity index (χ1n) is 10.6. The van der Waals surface area contributed by atoms with Crippen LogP contribution in [0, 0.1) is 5.82 Å². The number of fused-ring (bicyclic) bond motifs is 1. The van der Waals surface area contributed by atoms with Crippen LogP contribution >= 0.6 is 0 Å². The van der Waals surface area contributed by atoms with Crippen LogP contribution in [0.5, 0.6) is 0 Å². The lowest BCUT2D eigenvalue weighted by atomic mass is 9.95. The van der Waals surface area contributed by atoms with E-state index in [0.717, 1.165) is 6.29 Å². The van der Waals surface area contributed by atoms with Gasteiger partial charge in [0.25, 0.3) is 5.91 Å². The highest BCUT2D eigenvalue weighted by molar-refractivity contribution is 5.95. The van der Waals surface area contributed by atoms with Crippen molar-refractivity contribution >= 4 is 23.3 Å². The molecule has 8 heteroatoms. The Kier molecular flexibility index (Phi) is 4.69. The van der Waals surface area contributed by atoms with Crippen LogP contribution in [-0.4, -0.2) is 68.9 Å². The molecule has 1 amide bonds. The van der Waals surface area contributed by atoms with Crippen LogP contribution < -0.4 is 0 Å². The molecule has 1 aliphatic carbocycles. The van der Waals surface area contributed by atoms with Crippen LogP contribution in [0.2, 0.25) is 0 Å². The third kappa shape index (κ3) is 3.30. The fourth-order valence-electron chi connectivity index (χ4n) is 4.61. The average molecular weight is 437 g/mol. The molecule has 0 radical (unpaired) electrons. The van der Waals surface area contributed by atoms with Gasteiger partial charge >= 0.3 is 0 Å². The molecule has 2 fully saturated rings. The van der Waals surface area contributed by atoms with Gasteiger partial charge in [-0.3, -0.25) is 9.69 Å². The Morgan fingerprint density at radius 3 is 2.56 bits per heavy atom. The Balaban J connectivity index is 1.34. The zero-order valence-electron chi connectivity index (χ0n) is 17.9. The number of aliphatic hydroxyl groups is 1. The number of piperazine rings is 1. The molecule has 1 saturated heterocycles. The first-order valence-corrected chi connectivity index (χ1v) is 10.6. The van der Waals surface area contributed by atoms with Gasteiger partial charge in [0, 0.05) is 43.2 Å². The molecular formula is C24H24FN3O4. The van der Waals surface area contributed by atoms with Crippen molar-refractivity contribution in [3.05, 3.63) is 53.8 Å². The minimum Gasteiger partial charge on any atom is -0.436 e. The Hall–Kier alpha value is -3.10. The third-order valence-electron chi connectivity index (χ3n) is 6.61. The number of rotatable bonds is 4. The summed E-state index contributed by atoms with van der Waals surface area (Å²) in [5, 5.41) is 9.95. The Labute approximate surface area is 184 Å². The van der Waals surface area contributed by atoms with Gasteiger partial charge in [0.05, 0.1) is 11.6 Å². The molecule has 1 aliphatic heterocycles. The zero-order chi connectivity index (χ0) is 22.7. The molecule has 32 heavy (non-hydrogen) atoms. The summed E-state index contributed by atoms with van der Waals surface area (Å²) in [6, 6.07) is 11.2. The predicted molar refractivity (Wildman–Crippen MR) is 116 cm³/mol.